The van der Waals surface area contributed by atoms with Gasteiger partial charge in [-0.3, -0.25) is 4.79 Å². The van der Waals surface area contributed by atoms with Crippen molar-refractivity contribution in [1.29, 1.82) is 0 Å². The summed E-state index contributed by atoms with van der Waals surface area (Å²) >= 11 is 1.29. The number of nitrogens with zero attached hydrogens (tertiary/aromatic N) is 2. The quantitative estimate of drug-likeness (QED) is 0.628. The first-order valence-electron chi connectivity index (χ1n) is 7.54. The van der Waals surface area contributed by atoms with Gasteiger partial charge in [0.2, 0.25) is 5.91 Å². The molecule has 23 heavy (non-hydrogen) atoms. The number of rotatable bonds is 6. The summed E-state index contributed by atoms with van der Waals surface area (Å²) in [5.41, 5.74) is 7.60. The van der Waals surface area contributed by atoms with Crippen LogP contribution in [0.15, 0.2) is 41.6 Å². The molecule has 3 N–H and O–H groups in total. The van der Waals surface area contributed by atoms with E-state index in [4.69, 9.17) is 5.73 Å². The number of benzene rings is 1. The Morgan fingerprint density at radius 3 is 2.57 bits per heavy atom. The summed E-state index contributed by atoms with van der Waals surface area (Å²) in [4.78, 5) is 20.7. The third kappa shape index (κ3) is 5.25. The molecule has 2 rings (SSSR count). The number of aromatic nitrogens is 2. The average molecular weight is 330 g/mol. The van der Waals surface area contributed by atoms with E-state index >= 15 is 0 Å². The summed E-state index contributed by atoms with van der Waals surface area (Å²) in [7, 11) is 0. The van der Waals surface area contributed by atoms with Crippen molar-refractivity contribution in [3.63, 3.8) is 0 Å². The lowest BCUT2D eigenvalue weighted by Gasteiger charge is -2.22. The van der Waals surface area contributed by atoms with Crippen LogP contribution < -0.4 is 11.1 Å². The van der Waals surface area contributed by atoms with Gasteiger partial charge >= 0.3 is 0 Å². The van der Waals surface area contributed by atoms with Gasteiger partial charge in [-0.15, -0.1) is 0 Å². The van der Waals surface area contributed by atoms with Crippen LogP contribution in [0.3, 0.4) is 0 Å². The van der Waals surface area contributed by atoms with Crippen molar-refractivity contribution in [1.82, 2.24) is 15.3 Å². The number of amides is 1. The fraction of sp³-hybridized carbons (Fsp3) is 0.353. The van der Waals surface area contributed by atoms with Crippen LogP contribution in [0.25, 0.3) is 0 Å². The first-order chi connectivity index (χ1) is 11.0. The molecule has 1 aromatic carbocycles. The molecule has 0 aliphatic heterocycles. The molecular weight excluding hydrogens is 308 g/mol. The van der Waals surface area contributed by atoms with Crippen LogP contribution in [-0.4, -0.2) is 21.6 Å². The second-order valence-corrected chi connectivity index (χ2v) is 6.65. The smallest absolute Gasteiger partial charge is 0.230 e. The van der Waals surface area contributed by atoms with Crippen molar-refractivity contribution in [2.45, 2.75) is 32.0 Å². The fourth-order valence-electron chi connectivity index (χ4n) is 2.27. The Kier molecular flexibility index (Phi) is 5.98. The molecule has 0 saturated carbocycles. The molecule has 1 atom stereocenters. The SMILES string of the molecule is Cc1cc(N)nc(SCC(=O)NC(c2ccccc2)C(C)C)n1. The summed E-state index contributed by atoms with van der Waals surface area (Å²) in [6, 6.07) is 11.7. The van der Waals surface area contributed by atoms with Crippen LogP contribution in [0.5, 0.6) is 0 Å². The van der Waals surface area contributed by atoms with E-state index in [1.54, 1.807) is 6.07 Å². The number of anilines is 1. The third-order valence-electron chi connectivity index (χ3n) is 3.33. The minimum Gasteiger partial charge on any atom is -0.384 e. The second-order valence-electron chi connectivity index (χ2n) is 5.71. The highest BCUT2D eigenvalue weighted by Crippen LogP contribution is 2.22. The van der Waals surface area contributed by atoms with Gasteiger partial charge in [0, 0.05) is 11.8 Å². The molecule has 0 spiro atoms. The van der Waals surface area contributed by atoms with E-state index in [0.29, 0.717) is 16.9 Å². The highest BCUT2D eigenvalue weighted by Gasteiger charge is 2.18. The molecule has 2 aromatic rings. The van der Waals surface area contributed by atoms with E-state index < -0.39 is 0 Å². The molecule has 0 saturated heterocycles. The van der Waals surface area contributed by atoms with Crippen molar-refractivity contribution in [3.8, 4) is 0 Å². The predicted octanol–water partition coefficient (Wildman–Crippen LogP) is 2.97. The predicted molar refractivity (Wildman–Crippen MR) is 94.1 cm³/mol. The van der Waals surface area contributed by atoms with Gasteiger partial charge in [0.15, 0.2) is 5.16 Å². The molecule has 1 unspecified atom stereocenters. The minimum absolute atomic E-state index is 0.00667. The molecule has 0 bridgehead atoms. The number of hydrogen-bond acceptors (Lipinski definition) is 5. The normalized spacial score (nSPS) is 12.2. The van der Waals surface area contributed by atoms with Gasteiger partial charge in [-0.25, -0.2) is 9.97 Å². The Morgan fingerprint density at radius 2 is 1.96 bits per heavy atom. The molecule has 0 radical (unpaired) electrons. The number of thioether (sulfide) groups is 1. The third-order valence-corrected chi connectivity index (χ3v) is 4.18. The van der Waals surface area contributed by atoms with Crippen molar-refractivity contribution in [2.75, 3.05) is 11.5 Å². The van der Waals surface area contributed by atoms with Gasteiger partial charge in [-0.2, -0.15) is 0 Å². The van der Waals surface area contributed by atoms with Gasteiger partial charge in [0.1, 0.15) is 5.82 Å². The van der Waals surface area contributed by atoms with Crippen LogP contribution in [0, 0.1) is 12.8 Å². The van der Waals surface area contributed by atoms with Gasteiger partial charge < -0.3 is 11.1 Å². The highest BCUT2D eigenvalue weighted by atomic mass is 32.2. The molecular formula is C17H22N4OS. The maximum atomic E-state index is 12.3. The van der Waals surface area contributed by atoms with Gasteiger partial charge in [-0.1, -0.05) is 55.9 Å². The van der Waals surface area contributed by atoms with Crippen LogP contribution in [0.2, 0.25) is 0 Å². The first-order valence-corrected chi connectivity index (χ1v) is 8.52. The molecule has 1 aromatic heterocycles. The van der Waals surface area contributed by atoms with Crippen LogP contribution >= 0.6 is 11.8 Å². The van der Waals surface area contributed by atoms with Crippen molar-refractivity contribution in [3.05, 3.63) is 47.7 Å². The first kappa shape index (κ1) is 17.3. The summed E-state index contributed by atoms with van der Waals surface area (Å²) < 4.78 is 0. The Balaban J connectivity index is 1.97. The maximum absolute atomic E-state index is 12.3. The number of nitrogens with two attached hydrogens (primary N) is 1. The highest BCUT2D eigenvalue weighted by molar-refractivity contribution is 7.99. The van der Waals surface area contributed by atoms with Crippen molar-refractivity contribution < 1.29 is 4.79 Å². The second kappa shape index (κ2) is 7.97. The number of carbonyl (C=O) groups is 1. The topological polar surface area (TPSA) is 80.9 Å². The number of nitrogens with one attached hydrogen (secondary N) is 1. The molecule has 0 fully saturated rings. The van der Waals surface area contributed by atoms with Crippen molar-refractivity contribution >= 4 is 23.5 Å². The zero-order chi connectivity index (χ0) is 16.8. The van der Waals surface area contributed by atoms with Crippen LogP contribution in [-0.2, 0) is 4.79 Å². The molecule has 5 nitrogen and oxygen atoms in total. The summed E-state index contributed by atoms with van der Waals surface area (Å²) in [6.07, 6.45) is 0. The Bertz CT molecular complexity index is 641. The van der Waals surface area contributed by atoms with E-state index in [9.17, 15) is 4.79 Å². The zero-order valence-corrected chi connectivity index (χ0v) is 14.4. The average Bonchev–Trinajstić information content (AvgIpc) is 2.50. The van der Waals surface area contributed by atoms with Gasteiger partial charge in [-0.05, 0) is 18.4 Å². The van der Waals surface area contributed by atoms with Crippen molar-refractivity contribution in [2.24, 2.45) is 5.92 Å². The summed E-state index contributed by atoms with van der Waals surface area (Å²) in [6.45, 7) is 6.04. The van der Waals surface area contributed by atoms with E-state index in [1.807, 2.05) is 37.3 Å². The minimum atomic E-state index is -0.0405. The van der Waals surface area contributed by atoms with E-state index in [-0.39, 0.29) is 17.7 Å². The van der Waals surface area contributed by atoms with E-state index in [2.05, 4.69) is 29.1 Å². The monoisotopic (exact) mass is 330 g/mol. The maximum Gasteiger partial charge on any atom is 0.230 e. The summed E-state index contributed by atoms with van der Waals surface area (Å²) in [5, 5.41) is 3.61. The lowest BCUT2D eigenvalue weighted by molar-refractivity contribution is -0.119. The fourth-order valence-corrected chi connectivity index (χ4v) is 2.99. The summed E-state index contributed by atoms with van der Waals surface area (Å²) in [5.74, 6) is 0.946. The number of hydrogen-bond donors (Lipinski definition) is 2. The lowest BCUT2D eigenvalue weighted by atomic mass is 9.96. The molecule has 1 amide bonds. The zero-order valence-electron chi connectivity index (χ0n) is 13.6. The van der Waals surface area contributed by atoms with E-state index in [0.717, 1.165) is 11.3 Å². The lowest BCUT2D eigenvalue weighted by Crippen LogP contribution is -2.33. The number of nitrogen functional groups attached to an aromatic ring is 1. The Morgan fingerprint density at radius 1 is 1.26 bits per heavy atom. The largest absolute Gasteiger partial charge is 0.384 e. The van der Waals surface area contributed by atoms with Gasteiger partial charge in [0.25, 0.3) is 0 Å². The van der Waals surface area contributed by atoms with Crippen LogP contribution in [0.4, 0.5) is 5.82 Å². The molecule has 122 valence electrons. The Hall–Kier alpha value is -2.08. The van der Waals surface area contributed by atoms with Crippen LogP contribution in [0.1, 0.15) is 31.1 Å². The van der Waals surface area contributed by atoms with Gasteiger partial charge in [0.05, 0.1) is 11.8 Å². The number of carbonyl (C=O) groups excluding carboxylic acids is 1. The Labute approximate surface area is 141 Å². The molecule has 1 heterocycles. The molecule has 0 aliphatic carbocycles. The number of aryl methyl sites for hydroxylation is 1. The molecule has 0 aliphatic rings. The van der Waals surface area contributed by atoms with E-state index in [1.165, 1.54) is 11.8 Å². The molecule has 6 heteroatoms. The standard InChI is InChI=1S/C17H22N4OS/c1-11(2)16(13-7-5-4-6-8-13)21-15(22)10-23-17-19-12(3)9-14(18)20-17/h4-9,11,16H,10H2,1-3H3,(H,21,22)(H2,18,19,20).